The van der Waals surface area contributed by atoms with Gasteiger partial charge in [0.25, 0.3) is 0 Å². The molecule has 0 atom stereocenters. The van der Waals surface area contributed by atoms with Gasteiger partial charge in [-0.25, -0.2) is 4.39 Å². The number of methoxy groups -OCH3 is 1. The maximum absolute atomic E-state index is 14.0. The summed E-state index contributed by atoms with van der Waals surface area (Å²) in [5.41, 5.74) is 1.01. The fraction of sp³-hybridized carbons (Fsp3) is 0.200. The maximum atomic E-state index is 14.0. The molecule has 0 aliphatic heterocycles. The molecule has 0 N–H and O–H groups in total. The number of rotatable bonds is 5. The topological polar surface area (TPSA) is 18.5 Å². The van der Waals surface area contributed by atoms with Gasteiger partial charge in [0.2, 0.25) is 0 Å². The van der Waals surface area contributed by atoms with Crippen LogP contribution in [0.25, 0.3) is 0 Å². The molecule has 0 heterocycles. The highest BCUT2D eigenvalue weighted by atomic mass is 35.5. The molecular formula is C15H12Cl3FO2. The number of ether oxygens (including phenoxy) is 2. The van der Waals surface area contributed by atoms with Crippen molar-refractivity contribution in [2.75, 3.05) is 7.11 Å². The first-order valence-electron chi connectivity index (χ1n) is 6.05. The summed E-state index contributed by atoms with van der Waals surface area (Å²) in [5.74, 6) is 0.294. The molecule has 112 valence electrons. The normalized spacial score (nSPS) is 10.5. The van der Waals surface area contributed by atoms with Crippen molar-refractivity contribution in [1.82, 2.24) is 0 Å². The Bertz CT molecular complexity index is 647. The van der Waals surface area contributed by atoms with E-state index in [9.17, 15) is 4.39 Å². The van der Waals surface area contributed by atoms with Crippen LogP contribution in [0.1, 0.15) is 11.1 Å². The van der Waals surface area contributed by atoms with E-state index in [0.717, 1.165) is 0 Å². The molecule has 0 saturated carbocycles. The number of alkyl halides is 1. The Kier molecular flexibility index (Phi) is 5.57. The molecule has 0 aromatic heterocycles. The molecule has 0 unspecified atom stereocenters. The van der Waals surface area contributed by atoms with Crippen LogP contribution in [0.15, 0.2) is 30.3 Å². The highest BCUT2D eigenvalue weighted by Gasteiger charge is 2.13. The van der Waals surface area contributed by atoms with Crippen molar-refractivity contribution in [3.8, 4) is 11.5 Å². The second-order valence-corrected chi connectivity index (χ2v) is 5.34. The second kappa shape index (κ2) is 7.21. The number of hydrogen-bond acceptors (Lipinski definition) is 2. The summed E-state index contributed by atoms with van der Waals surface area (Å²) in [6.07, 6.45) is 0. The maximum Gasteiger partial charge on any atom is 0.171 e. The van der Waals surface area contributed by atoms with Gasteiger partial charge in [0.15, 0.2) is 11.6 Å². The molecule has 0 bridgehead atoms. The zero-order valence-electron chi connectivity index (χ0n) is 11.1. The molecule has 0 amide bonds. The summed E-state index contributed by atoms with van der Waals surface area (Å²) in [6.45, 7) is 0.00821. The van der Waals surface area contributed by atoms with Crippen LogP contribution in [0.4, 0.5) is 4.39 Å². The molecule has 6 heteroatoms. The minimum absolute atomic E-state index is 0.00821. The quantitative estimate of drug-likeness (QED) is 0.667. The number of benzene rings is 2. The van der Waals surface area contributed by atoms with Crippen LogP contribution in [0, 0.1) is 5.82 Å². The van der Waals surface area contributed by atoms with Crippen molar-refractivity contribution in [2.24, 2.45) is 0 Å². The molecule has 0 aliphatic carbocycles. The van der Waals surface area contributed by atoms with E-state index >= 15 is 0 Å². The average Bonchev–Trinajstić information content (AvgIpc) is 2.47. The zero-order valence-corrected chi connectivity index (χ0v) is 13.4. The van der Waals surface area contributed by atoms with E-state index < -0.39 is 5.82 Å². The van der Waals surface area contributed by atoms with Gasteiger partial charge in [-0.05, 0) is 18.2 Å². The Balaban J connectivity index is 2.25. The third-order valence-corrected chi connectivity index (χ3v) is 3.65. The molecule has 2 aromatic carbocycles. The van der Waals surface area contributed by atoms with Gasteiger partial charge >= 0.3 is 0 Å². The lowest BCUT2D eigenvalue weighted by atomic mass is 10.2. The molecule has 2 aromatic rings. The third kappa shape index (κ3) is 3.73. The summed E-state index contributed by atoms with van der Waals surface area (Å²) in [6, 6.07) is 8.06. The first-order valence-corrected chi connectivity index (χ1v) is 7.34. The number of hydrogen-bond donors (Lipinski definition) is 0. The van der Waals surface area contributed by atoms with E-state index in [1.54, 1.807) is 24.3 Å². The summed E-state index contributed by atoms with van der Waals surface area (Å²) < 4.78 is 24.6. The first-order chi connectivity index (χ1) is 10.1. The predicted octanol–water partition coefficient (Wildman–Crippen LogP) is 5.46. The van der Waals surface area contributed by atoms with Crippen LogP contribution in [0.5, 0.6) is 11.5 Å². The lowest BCUT2D eigenvalue weighted by Gasteiger charge is -2.13. The van der Waals surface area contributed by atoms with E-state index in [0.29, 0.717) is 26.9 Å². The van der Waals surface area contributed by atoms with Crippen LogP contribution in [0.2, 0.25) is 10.0 Å². The van der Waals surface area contributed by atoms with Gasteiger partial charge in [0, 0.05) is 16.1 Å². The second-order valence-electron chi connectivity index (χ2n) is 4.23. The van der Waals surface area contributed by atoms with Crippen molar-refractivity contribution in [3.63, 3.8) is 0 Å². The van der Waals surface area contributed by atoms with E-state index in [1.165, 1.54) is 13.2 Å². The fourth-order valence-electron chi connectivity index (χ4n) is 1.85. The van der Waals surface area contributed by atoms with Gasteiger partial charge in [-0.2, -0.15) is 0 Å². The summed E-state index contributed by atoms with van der Waals surface area (Å²) in [7, 11) is 1.41. The van der Waals surface area contributed by atoms with Gasteiger partial charge in [-0.3, -0.25) is 0 Å². The molecule has 0 spiro atoms. The van der Waals surface area contributed by atoms with E-state index in [2.05, 4.69) is 0 Å². The molecule has 0 radical (unpaired) electrons. The van der Waals surface area contributed by atoms with Crippen LogP contribution in [-0.2, 0) is 12.5 Å². The number of halogens is 4. The van der Waals surface area contributed by atoms with Crippen molar-refractivity contribution < 1.29 is 13.9 Å². The molecule has 21 heavy (non-hydrogen) atoms. The van der Waals surface area contributed by atoms with Crippen molar-refractivity contribution in [1.29, 1.82) is 0 Å². The Labute approximate surface area is 137 Å². The Morgan fingerprint density at radius 1 is 1.14 bits per heavy atom. The van der Waals surface area contributed by atoms with Gasteiger partial charge in [0.05, 0.1) is 18.0 Å². The van der Waals surface area contributed by atoms with Gasteiger partial charge in [-0.1, -0.05) is 35.3 Å². The minimum Gasteiger partial charge on any atom is -0.494 e. The first kappa shape index (κ1) is 16.2. The van der Waals surface area contributed by atoms with Gasteiger partial charge in [0.1, 0.15) is 12.4 Å². The molecule has 2 nitrogen and oxygen atoms in total. The van der Waals surface area contributed by atoms with Crippen molar-refractivity contribution in [3.05, 3.63) is 57.3 Å². The monoisotopic (exact) mass is 348 g/mol. The average molecular weight is 350 g/mol. The summed E-state index contributed by atoms with van der Waals surface area (Å²) >= 11 is 17.8. The van der Waals surface area contributed by atoms with Crippen LogP contribution >= 0.6 is 34.8 Å². The van der Waals surface area contributed by atoms with Crippen LogP contribution < -0.4 is 9.47 Å². The smallest absolute Gasteiger partial charge is 0.171 e. The SMILES string of the molecule is COc1cccc(COc2c(Cl)cc(Cl)cc2CCl)c1F. The minimum atomic E-state index is -0.461. The Morgan fingerprint density at radius 2 is 1.90 bits per heavy atom. The van der Waals surface area contributed by atoms with E-state index in [1.807, 2.05) is 0 Å². The zero-order chi connectivity index (χ0) is 15.4. The largest absolute Gasteiger partial charge is 0.494 e. The lowest BCUT2D eigenvalue weighted by Crippen LogP contribution is -2.02. The fourth-order valence-corrected chi connectivity index (χ4v) is 2.64. The van der Waals surface area contributed by atoms with E-state index in [-0.39, 0.29) is 18.2 Å². The lowest BCUT2D eigenvalue weighted by molar-refractivity contribution is 0.294. The molecule has 0 saturated heterocycles. The highest BCUT2D eigenvalue weighted by molar-refractivity contribution is 6.36. The summed E-state index contributed by atoms with van der Waals surface area (Å²) in [4.78, 5) is 0. The molecule has 0 aliphatic rings. The Morgan fingerprint density at radius 3 is 2.57 bits per heavy atom. The predicted molar refractivity (Wildman–Crippen MR) is 83.3 cm³/mol. The van der Waals surface area contributed by atoms with E-state index in [4.69, 9.17) is 44.3 Å². The van der Waals surface area contributed by atoms with Crippen molar-refractivity contribution >= 4 is 34.8 Å². The van der Waals surface area contributed by atoms with Gasteiger partial charge < -0.3 is 9.47 Å². The summed E-state index contributed by atoms with van der Waals surface area (Å²) in [5, 5.41) is 0.803. The molecule has 2 rings (SSSR count). The van der Waals surface area contributed by atoms with Crippen LogP contribution in [-0.4, -0.2) is 7.11 Å². The Hall–Kier alpha value is -1.16. The highest BCUT2D eigenvalue weighted by Crippen LogP contribution is 2.34. The third-order valence-electron chi connectivity index (χ3n) is 2.86. The van der Waals surface area contributed by atoms with Gasteiger partial charge in [-0.15, -0.1) is 11.6 Å². The van der Waals surface area contributed by atoms with Crippen molar-refractivity contribution in [2.45, 2.75) is 12.5 Å². The van der Waals surface area contributed by atoms with Crippen LogP contribution in [0.3, 0.4) is 0 Å². The molecule has 0 fully saturated rings. The molecular weight excluding hydrogens is 338 g/mol. The standard InChI is InChI=1S/C15H12Cl3FO2/c1-20-13-4-2-3-9(14(13)19)8-21-15-10(7-16)5-11(17)6-12(15)18/h2-6H,7-8H2,1H3.